The summed E-state index contributed by atoms with van der Waals surface area (Å²) in [5.74, 6) is -0.867. The molecule has 0 saturated carbocycles. The third kappa shape index (κ3) is 6.91. The molecule has 1 N–H and O–H groups in total. The van der Waals surface area contributed by atoms with Crippen molar-refractivity contribution in [3.8, 4) is 0 Å². The molecule has 17 heavy (non-hydrogen) atoms. The molecule has 1 atom stereocenters. The molecule has 0 rings (SSSR count). The van der Waals surface area contributed by atoms with Crippen LogP contribution in [0.4, 0.5) is 0 Å². The van der Waals surface area contributed by atoms with Gasteiger partial charge in [-0.1, -0.05) is 13.8 Å². The first-order chi connectivity index (χ1) is 7.60. The Kier molecular flexibility index (Phi) is 6.51. The van der Waals surface area contributed by atoms with Gasteiger partial charge in [0.25, 0.3) is 0 Å². The molecule has 5 heteroatoms. The molecular weight excluding hydrogens is 238 g/mol. The summed E-state index contributed by atoms with van der Waals surface area (Å²) in [5, 5.41) is 9.07. The number of carboxylic acid groups (broad SMARTS) is 1. The van der Waals surface area contributed by atoms with Crippen molar-refractivity contribution in [2.24, 2.45) is 5.41 Å². The molecule has 1 unspecified atom stereocenters. The van der Waals surface area contributed by atoms with E-state index in [2.05, 4.69) is 31.4 Å². The summed E-state index contributed by atoms with van der Waals surface area (Å²) >= 11 is 4.23. The number of aliphatic carboxylic acids is 1. The average Bonchev–Trinajstić information content (AvgIpc) is 2.11. The highest BCUT2D eigenvalue weighted by atomic mass is 32.1. The predicted molar refractivity (Wildman–Crippen MR) is 72.8 cm³/mol. The fourth-order valence-electron chi connectivity index (χ4n) is 2.12. The Morgan fingerprint density at radius 1 is 1.41 bits per heavy atom. The quantitative estimate of drug-likeness (QED) is 0.655. The van der Waals surface area contributed by atoms with Crippen LogP contribution in [0.15, 0.2) is 0 Å². The maximum Gasteiger partial charge on any atom is 0.319 e. The summed E-state index contributed by atoms with van der Waals surface area (Å²) in [7, 11) is 3.69. The molecule has 0 aliphatic carbocycles. The third-order valence-corrected chi connectivity index (χ3v) is 3.01. The van der Waals surface area contributed by atoms with E-state index in [1.54, 1.807) is 14.0 Å². The fraction of sp³-hybridized carbons (Fsp3) is 0.917. The first kappa shape index (κ1) is 16.7. The van der Waals surface area contributed by atoms with Gasteiger partial charge >= 0.3 is 5.97 Å². The second kappa shape index (κ2) is 6.61. The Hall–Kier alpha value is -0.260. The van der Waals surface area contributed by atoms with Crippen LogP contribution in [-0.4, -0.2) is 54.6 Å². The SMILES string of the molecule is COCCN(C)CC(C)(C)CC(C)(S)C(=O)O. The minimum absolute atomic E-state index is 0.0998. The summed E-state index contributed by atoms with van der Waals surface area (Å²) in [4.78, 5) is 13.2. The van der Waals surface area contributed by atoms with Gasteiger partial charge in [-0.3, -0.25) is 4.79 Å². The van der Waals surface area contributed by atoms with Crippen LogP contribution in [0.3, 0.4) is 0 Å². The average molecular weight is 263 g/mol. The van der Waals surface area contributed by atoms with Crippen LogP contribution in [0, 0.1) is 5.41 Å². The number of carbonyl (C=O) groups is 1. The maximum absolute atomic E-state index is 11.0. The van der Waals surface area contributed by atoms with Gasteiger partial charge in [0, 0.05) is 20.2 Å². The van der Waals surface area contributed by atoms with Gasteiger partial charge in [-0.15, -0.1) is 0 Å². The molecule has 0 amide bonds. The molecule has 0 heterocycles. The number of hydrogen-bond donors (Lipinski definition) is 2. The van der Waals surface area contributed by atoms with Gasteiger partial charge in [-0.25, -0.2) is 0 Å². The van der Waals surface area contributed by atoms with E-state index in [0.29, 0.717) is 13.0 Å². The van der Waals surface area contributed by atoms with Crippen molar-refractivity contribution in [3.05, 3.63) is 0 Å². The van der Waals surface area contributed by atoms with Gasteiger partial charge in [-0.05, 0) is 25.8 Å². The van der Waals surface area contributed by atoms with Gasteiger partial charge in [-0.2, -0.15) is 12.6 Å². The summed E-state index contributed by atoms with van der Waals surface area (Å²) in [5.41, 5.74) is -0.0998. The maximum atomic E-state index is 11.0. The number of likely N-dealkylation sites (N-methyl/N-ethyl adjacent to an activating group) is 1. The Balaban J connectivity index is 4.33. The van der Waals surface area contributed by atoms with Crippen molar-refractivity contribution < 1.29 is 14.6 Å². The van der Waals surface area contributed by atoms with Crippen LogP contribution >= 0.6 is 12.6 Å². The highest BCUT2D eigenvalue weighted by molar-refractivity contribution is 7.82. The second-order valence-corrected chi connectivity index (χ2v) is 6.64. The molecule has 0 aromatic rings. The Morgan fingerprint density at radius 2 is 1.94 bits per heavy atom. The minimum atomic E-state index is -0.981. The lowest BCUT2D eigenvalue weighted by atomic mass is 9.82. The molecule has 102 valence electrons. The van der Waals surface area contributed by atoms with Gasteiger partial charge in [0.1, 0.15) is 4.75 Å². The number of carboxylic acids is 1. The van der Waals surface area contributed by atoms with Crippen LogP contribution in [0.25, 0.3) is 0 Å². The number of methoxy groups -OCH3 is 1. The smallest absolute Gasteiger partial charge is 0.319 e. The van der Waals surface area contributed by atoms with Gasteiger partial charge < -0.3 is 14.7 Å². The fourth-order valence-corrected chi connectivity index (χ4v) is 2.55. The van der Waals surface area contributed by atoms with Crippen molar-refractivity contribution >= 4 is 18.6 Å². The van der Waals surface area contributed by atoms with Crippen molar-refractivity contribution in [2.45, 2.75) is 31.9 Å². The molecule has 0 aromatic heterocycles. The van der Waals surface area contributed by atoms with E-state index in [-0.39, 0.29) is 5.41 Å². The lowest BCUT2D eigenvalue weighted by Crippen LogP contribution is -2.40. The summed E-state index contributed by atoms with van der Waals surface area (Å²) in [6, 6.07) is 0. The van der Waals surface area contributed by atoms with E-state index in [4.69, 9.17) is 9.84 Å². The lowest BCUT2D eigenvalue weighted by molar-refractivity contribution is -0.140. The third-order valence-electron chi connectivity index (χ3n) is 2.66. The largest absolute Gasteiger partial charge is 0.480 e. The molecule has 0 spiro atoms. The molecule has 0 aliphatic heterocycles. The first-order valence-corrected chi connectivity index (χ1v) is 6.19. The van der Waals surface area contributed by atoms with Gasteiger partial charge in [0.15, 0.2) is 0 Å². The zero-order valence-electron chi connectivity index (χ0n) is 11.5. The Labute approximate surface area is 110 Å². The zero-order valence-corrected chi connectivity index (χ0v) is 12.4. The van der Waals surface area contributed by atoms with E-state index >= 15 is 0 Å². The first-order valence-electron chi connectivity index (χ1n) is 5.74. The van der Waals surface area contributed by atoms with E-state index in [1.165, 1.54) is 0 Å². The number of thiol groups is 1. The molecule has 0 bridgehead atoms. The summed E-state index contributed by atoms with van der Waals surface area (Å²) in [6.45, 7) is 8.12. The number of hydrogen-bond acceptors (Lipinski definition) is 4. The predicted octanol–water partition coefficient (Wildman–Crippen LogP) is 1.75. The van der Waals surface area contributed by atoms with Crippen molar-refractivity contribution in [3.63, 3.8) is 0 Å². The molecule has 0 saturated heterocycles. The number of ether oxygens (including phenoxy) is 1. The molecule has 4 nitrogen and oxygen atoms in total. The van der Waals surface area contributed by atoms with E-state index in [9.17, 15) is 4.79 Å². The van der Waals surface area contributed by atoms with Crippen LogP contribution in [-0.2, 0) is 9.53 Å². The zero-order chi connectivity index (χ0) is 13.7. The normalized spacial score (nSPS) is 15.9. The molecule has 0 fully saturated rings. The summed E-state index contributed by atoms with van der Waals surface area (Å²) in [6.07, 6.45) is 0.524. The highest BCUT2D eigenvalue weighted by Crippen LogP contribution is 2.32. The van der Waals surface area contributed by atoms with Crippen LogP contribution in [0.1, 0.15) is 27.2 Å². The van der Waals surface area contributed by atoms with Crippen LogP contribution in [0.5, 0.6) is 0 Å². The second-order valence-electron chi connectivity index (χ2n) is 5.65. The molecule has 0 aromatic carbocycles. The van der Waals surface area contributed by atoms with Crippen molar-refractivity contribution in [2.75, 3.05) is 33.9 Å². The van der Waals surface area contributed by atoms with Gasteiger partial charge in [0.2, 0.25) is 0 Å². The summed E-state index contributed by atoms with van der Waals surface area (Å²) < 4.78 is 4.03. The van der Waals surface area contributed by atoms with Crippen LogP contribution in [0.2, 0.25) is 0 Å². The molecule has 0 aliphatic rings. The topological polar surface area (TPSA) is 49.8 Å². The standard InChI is InChI=1S/C12H25NO3S/c1-11(2,8-12(3,17)10(14)15)9-13(4)6-7-16-5/h17H,6-9H2,1-5H3,(H,14,15). The Bertz CT molecular complexity index is 254. The minimum Gasteiger partial charge on any atom is -0.480 e. The van der Waals surface area contributed by atoms with E-state index in [0.717, 1.165) is 13.1 Å². The number of nitrogens with zero attached hydrogens (tertiary/aromatic N) is 1. The van der Waals surface area contributed by atoms with Gasteiger partial charge in [0.05, 0.1) is 6.61 Å². The van der Waals surface area contributed by atoms with E-state index < -0.39 is 10.7 Å². The van der Waals surface area contributed by atoms with E-state index in [1.807, 2.05) is 7.05 Å². The lowest BCUT2D eigenvalue weighted by Gasteiger charge is -2.34. The monoisotopic (exact) mass is 263 g/mol. The number of rotatable bonds is 8. The molecule has 0 radical (unpaired) electrons. The Morgan fingerprint density at radius 3 is 2.35 bits per heavy atom. The highest BCUT2D eigenvalue weighted by Gasteiger charge is 2.36. The van der Waals surface area contributed by atoms with Crippen molar-refractivity contribution in [1.29, 1.82) is 0 Å². The van der Waals surface area contributed by atoms with Crippen LogP contribution < -0.4 is 0 Å². The molecular formula is C12H25NO3S. The van der Waals surface area contributed by atoms with Crippen molar-refractivity contribution in [1.82, 2.24) is 4.90 Å².